The number of likely N-dealkylation sites (tertiary alicyclic amines) is 1. The maximum atomic E-state index is 12.8. The van der Waals surface area contributed by atoms with Crippen molar-refractivity contribution in [3.8, 4) is 5.75 Å². The molecular weight excluding hydrogens is 408 g/mol. The molecule has 1 N–H and O–H groups in total. The Morgan fingerprint density at radius 3 is 2.66 bits per heavy atom. The molecule has 1 aliphatic rings. The second-order valence-electron chi connectivity index (χ2n) is 7.96. The molecule has 2 heterocycles. The van der Waals surface area contributed by atoms with Crippen molar-refractivity contribution in [2.75, 3.05) is 13.7 Å². The van der Waals surface area contributed by atoms with E-state index in [0.717, 1.165) is 16.9 Å². The van der Waals surface area contributed by atoms with Gasteiger partial charge in [-0.05, 0) is 30.2 Å². The summed E-state index contributed by atoms with van der Waals surface area (Å²) in [6.45, 7) is 2.66. The smallest absolute Gasteiger partial charge is 0.231 e. The van der Waals surface area contributed by atoms with Gasteiger partial charge in [0.1, 0.15) is 5.75 Å². The molecule has 1 aliphatic heterocycles. The Labute approximate surface area is 186 Å². The topological polar surface area (TPSA) is 97.6 Å². The molecule has 0 spiro atoms. The Bertz CT molecular complexity index is 1070. The van der Waals surface area contributed by atoms with Crippen molar-refractivity contribution < 1.29 is 18.8 Å². The average Bonchev–Trinajstić information content (AvgIpc) is 3.42. The molecule has 1 fully saturated rings. The van der Waals surface area contributed by atoms with Crippen LogP contribution in [0.5, 0.6) is 5.75 Å². The van der Waals surface area contributed by atoms with Gasteiger partial charge in [-0.2, -0.15) is 4.98 Å². The summed E-state index contributed by atoms with van der Waals surface area (Å²) in [5.41, 5.74) is 2.06. The molecule has 32 heavy (non-hydrogen) atoms. The van der Waals surface area contributed by atoms with Gasteiger partial charge in [-0.15, -0.1) is 0 Å². The zero-order chi connectivity index (χ0) is 22.5. The highest BCUT2D eigenvalue weighted by Gasteiger charge is 2.35. The van der Waals surface area contributed by atoms with Crippen LogP contribution in [0, 0.1) is 5.92 Å². The van der Waals surface area contributed by atoms with Gasteiger partial charge in [0.2, 0.25) is 17.7 Å². The maximum absolute atomic E-state index is 12.8. The van der Waals surface area contributed by atoms with Gasteiger partial charge in [0, 0.05) is 19.5 Å². The van der Waals surface area contributed by atoms with Crippen LogP contribution in [0.15, 0.2) is 59.1 Å². The third-order valence-corrected chi connectivity index (χ3v) is 5.55. The Hall–Kier alpha value is -3.68. The van der Waals surface area contributed by atoms with E-state index in [0.29, 0.717) is 31.2 Å². The molecule has 2 atom stereocenters. The van der Waals surface area contributed by atoms with Gasteiger partial charge >= 0.3 is 0 Å². The number of carbonyl (C=O) groups is 2. The number of hydrogen-bond donors (Lipinski definition) is 1. The third-order valence-electron chi connectivity index (χ3n) is 5.55. The van der Waals surface area contributed by atoms with E-state index < -0.39 is 12.0 Å². The highest BCUT2D eigenvalue weighted by Crippen LogP contribution is 2.22. The number of methoxy groups -OCH3 is 1. The molecule has 1 aromatic heterocycles. The molecule has 4 rings (SSSR count). The first-order chi connectivity index (χ1) is 15.5. The molecule has 8 heteroatoms. The summed E-state index contributed by atoms with van der Waals surface area (Å²) in [5.74, 6) is 1.06. The van der Waals surface area contributed by atoms with Crippen LogP contribution in [-0.2, 0) is 22.6 Å². The van der Waals surface area contributed by atoms with E-state index in [-0.39, 0.29) is 18.2 Å². The molecule has 0 bridgehead atoms. The molecule has 0 unspecified atom stereocenters. The second-order valence-corrected chi connectivity index (χ2v) is 7.96. The van der Waals surface area contributed by atoms with Crippen LogP contribution in [0.25, 0.3) is 0 Å². The fraction of sp³-hybridized carbons (Fsp3) is 0.333. The van der Waals surface area contributed by atoms with Gasteiger partial charge in [-0.1, -0.05) is 47.6 Å². The maximum Gasteiger partial charge on any atom is 0.231 e. The fourth-order valence-corrected chi connectivity index (χ4v) is 3.73. The fourth-order valence-electron chi connectivity index (χ4n) is 3.73. The van der Waals surface area contributed by atoms with E-state index in [1.807, 2.05) is 54.6 Å². The standard InChI is InChI=1S/C24H26N4O4/c1-16(23-26-21(32-27-23)12-17-6-4-3-5-7-17)25-24(30)19-13-22(29)28(15-19)14-18-8-10-20(31-2)11-9-18/h3-11,16,19H,12-15H2,1-2H3,(H,25,30)/t16-,19+/m1/s1. The van der Waals surface area contributed by atoms with E-state index >= 15 is 0 Å². The first-order valence-electron chi connectivity index (χ1n) is 10.6. The molecule has 2 amide bonds. The predicted molar refractivity (Wildman–Crippen MR) is 117 cm³/mol. The largest absolute Gasteiger partial charge is 0.497 e. The molecule has 0 aliphatic carbocycles. The van der Waals surface area contributed by atoms with Crippen LogP contribution in [0.2, 0.25) is 0 Å². The number of nitrogens with zero attached hydrogens (tertiary/aromatic N) is 3. The lowest BCUT2D eigenvalue weighted by molar-refractivity contribution is -0.129. The second kappa shape index (κ2) is 9.64. The number of aromatic nitrogens is 2. The van der Waals surface area contributed by atoms with Crippen LogP contribution in [0.1, 0.15) is 42.2 Å². The van der Waals surface area contributed by atoms with Crippen molar-refractivity contribution >= 4 is 11.8 Å². The molecule has 1 saturated heterocycles. The number of amides is 2. The Morgan fingerprint density at radius 2 is 1.94 bits per heavy atom. The number of ether oxygens (including phenoxy) is 1. The van der Waals surface area contributed by atoms with Gasteiger partial charge in [0.05, 0.1) is 25.5 Å². The highest BCUT2D eigenvalue weighted by atomic mass is 16.5. The van der Waals surface area contributed by atoms with E-state index in [9.17, 15) is 9.59 Å². The summed E-state index contributed by atoms with van der Waals surface area (Å²) < 4.78 is 10.5. The normalized spacial score (nSPS) is 16.8. The van der Waals surface area contributed by atoms with Crippen molar-refractivity contribution in [3.05, 3.63) is 77.4 Å². The molecule has 8 nitrogen and oxygen atoms in total. The van der Waals surface area contributed by atoms with Crippen molar-refractivity contribution in [2.45, 2.75) is 32.4 Å². The summed E-state index contributed by atoms with van der Waals surface area (Å²) in [6, 6.07) is 17.0. The minimum Gasteiger partial charge on any atom is -0.497 e. The summed E-state index contributed by atoms with van der Waals surface area (Å²) in [6.07, 6.45) is 0.728. The molecule has 166 valence electrons. The number of nitrogens with one attached hydrogen (secondary N) is 1. The number of hydrogen-bond acceptors (Lipinski definition) is 6. The molecule has 2 aromatic carbocycles. The molecule has 3 aromatic rings. The Morgan fingerprint density at radius 1 is 1.19 bits per heavy atom. The molecular formula is C24H26N4O4. The number of benzene rings is 2. The number of rotatable bonds is 8. The summed E-state index contributed by atoms with van der Waals surface area (Å²) in [7, 11) is 1.61. The lowest BCUT2D eigenvalue weighted by Gasteiger charge is -2.17. The van der Waals surface area contributed by atoms with Crippen LogP contribution < -0.4 is 10.1 Å². The van der Waals surface area contributed by atoms with E-state index in [4.69, 9.17) is 9.26 Å². The van der Waals surface area contributed by atoms with Crippen LogP contribution in [-0.4, -0.2) is 40.5 Å². The molecule has 0 saturated carbocycles. The van der Waals surface area contributed by atoms with Crippen LogP contribution >= 0.6 is 0 Å². The summed E-state index contributed by atoms with van der Waals surface area (Å²) >= 11 is 0. The highest BCUT2D eigenvalue weighted by molar-refractivity contribution is 5.89. The zero-order valence-electron chi connectivity index (χ0n) is 18.2. The minimum atomic E-state index is -0.415. The van der Waals surface area contributed by atoms with Crippen molar-refractivity contribution in [1.82, 2.24) is 20.4 Å². The van der Waals surface area contributed by atoms with E-state index in [2.05, 4.69) is 15.5 Å². The van der Waals surface area contributed by atoms with E-state index in [1.165, 1.54) is 0 Å². The van der Waals surface area contributed by atoms with Gasteiger partial charge in [-0.25, -0.2) is 0 Å². The SMILES string of the molecule is COc1ccc(CN2C[C@@H](C(=O)N[C@H](C)c3noc(Cc4ccccc4)n3)CC2=O)cc1. The first-order valence-corrected chi connectivity index (χ1v) is 10.6. The third kappa shape index (κ3) is 5.14. The van der Waals surface area contributed by atoms with Gasteiger partial charge in [0.25, 0.3) is 0 Å². The van der Waals surface area contributed by atoms with Crippen molar-refractivity contribution in [3.63, 3.8) is 0 Å². The van der Waals surface area contributed by atoms with Crippen molar-refractivity contribution in [1.29, 1.82) is 0 Å². The first kappa shape index (κ1) is 21.5. The van der Waals surface area contributed by atoms with Crippen LogP contribution in [0.4, 0.5) is 0 Å². The van der Waals surface area contributed by atoms with E-state index in [1.54, 1.807) is 18.9 Å². The van der Waals surface area contributed by atoms with Gasteiger partial charge in [-0.3, -0.25) is 9.59 Å². The Balaban J connectivity index is 1.31. The molecule has 0 radical (unpaired) electrons. The van der Waals surface area contributed by atoms with Gasteiger partial charge < -0.3 is 19.5 Å². The number of carbonyl (C=O) groups excluding carboxylic acids is 2. The lowest BCUT2D eigenvalue weighted by Crippen LogP contribution is -2.34. The quantitative estimate of drug-likeness (QED) is 0.586. The average molecular weight is 434 g/mol. The minimum absolute atomic E-state index is 0.0293. The van der Waals surface area contributed by atoms with Gasteiger partial charge in [0.15, 0.2) is 5.82 Å². The predicted octanol–water partition coefficient (Wildman–Crippen LogP) is 2.89. The van der Waals surface area contributed by atoms with Crippen molar-refractivity contribution in [2.24, 2.45) is 5.92 Å². The monoisotopic (exact) mass is 434 g/mol. The van der Waals surface area contributed by atoms with Crippen LogP contribution in [0.3, 0.4) is 0 Å². The zero-order valence-corrected chi connectivity index (χ0v) is 18.2. The Kier molecular flexibility index (Phi) is 6.49. The summed E-state index contributed by atoms with van der Waals surface area (Å²) in [4.78, 5) is 31.3. The summed E-state index contributed by atoms with van der Waals surface area (Å²) in [5, 5.41) is 6.92. The lowest BCUT2D eigenvalue weighted by atomic mass is 10.1.